The largest absolute Gasteiger partial charge is 0.366 e. The molecule has 0 fully saturated rings. The number of primary amides is 1. The summed E-state index contributed by atoms with van der Waals surface area (Å²) in [5.74, 6) is -1.82. The van der Waals surface area contributed by atoms with Crippen LogP contribution < -0.4 is 11.1 Å². The topological polar surface area (TPSA) is 96.0 Å². The van der Waals surface area contributed by atoms with Crippen LogP contribution in [0.5, 0.6) is 0 Å². The maximum Gasteiger partial charge on any atom is 0.249 e. The van der Waals surface area contributed by atoms with E-state index in [4.69, 9.17) is 34.2 Å². The van der Waals surface area contributed by atoms with Gasteiger partial charge in [-0.05, 0) is 35.7 Å². The van der Waals surface area contributed by atoms with Gasteiger partial charge in [0.15, 0.2) is 0 Å². The van der Waals surface area contributed by atoms with E-state index >= 15 is 0 Å². The predicted molar refractivity (Wildman–Crippen MR) is 96.5 cm³/mol. The van der Waals surface area contributed by atoms with Crippen molar-refractivity contribution in [3.8, 4) is 6.07 Å². The Morgan fingerprint density at radius 1 is 1.12 bits per heavy atom. The average Bonchev–Trinajstić information content (AvgIpc) is 2.59. The first-order chi connectivity index (χ1) is 12.0. The van der Waals surface area contributed by atoms with E-state index in [0.717, 1.165) is 0 Å². The quantitative estimate of drug-likeness (QED) is 0.759. The minimum Gasteiger partial charge on any atom is -0.366 e. The number of benzene rings is 2. The lowest BCUT2D eigenvalue weighted by molar-refractivity contribution is -0.122. The van der Waals surface area contributed by atoms with Crippen molar-refractivity contribution in [2.75, 3.05) is 6.54 Å². The lowest BCUT2D eigenvalue weighted by Crippen LogP contribution is -2.32. The molecule has 5 nitrogen and oxygen atoms in total. The lowest BCUT2D eigenvalue weighted by Gasteiger charge is -2.20. The third kappa shape index (κ3) is 4.50. The van der Waals surface area contributed by atoms with Crippen molar-refractivity contribution < 1.29 is 9.59 Å². The highest BCUT2D eigenvalue weighted by Crippen LogP contribution is 2.32. The first-order valence-corrected chi connectivity index (χ1v) is 8.17. The van der Waals surface area contributed by atoms with E-state index in [2.05, 4.69) is 5.32 Å². The number of amides is 2. The summed E-state index contributed by atoms with van der Waals surface area (Å²) in [6.07, 6.45) is 0.167. The van der Waals surface area contributed by atoms with Crippen molar-refractivity contribution >= 4 is 35.0 Å². The molecule has 1 unspecified atom stereocenters. The van der Waals surface area contributed by atoms with Gasteiger partial charge in [0.2, 0.25) is 11.8 Å². The van der Waals surface area contributed by atoms with Crippen molar-refractivity contribution in [1.29, 1.82) is 5.26 Å². The van der Waals surface area contributed by atoms with E-state index in [1.54, 1.807) is 42.5 Å². The fourth-order valence-electron chi connectivity index (χ4n) is 2.55. The van der Waals surface area contributed by atoms with Crippen LogP contribution in [0.15, 0.2) is 42.5 Å². The second kappa shape index (κ2) is 8.52. The predicted octanol–water partition coefficient (Wildman–Crippen LogP) is 3.06. The molecule has 2 rings (SSSR count). The summed E-state index contributed by atoms with van der Waals surface area (Å²) in [6, 6.07) is 13.5. The van der Waals surface area contributed by atoms with Gasteiger partial charge in [-0.3, -0.25) is 9.59 Å². The molecule has 0 aliphatic carbocycles. The molecule has 0 aliphatic heterocycles. The van der Waals surface area contributed by atoms with E-state index < -0.39 is 17.7 Å². The van der Waals surface area contributed by atoms with E-state index in [1.165, 1.54) is 0 Å². The van der Waals surface area contributed by atoms with Crippen LogP contribution in [0.25, 0.3) is 0 Å². The van der Waals surface area contributed by atoms with Crippen LogP contribution in [0.4, 0.5) is 0 Å². The Kier molecular flexibility index (Phi) is 6.40. The molecule has 0 aliphatic rings. The third-order valence-electron chi connectivity index (χ3n) is 3.73. The van der Waals surface area contributed by atoms with Gasteiger partial charge in [-0.1, -0.05) is 47.5 Å². The number of nitriles is 1. The van der Waals surface area contributed by atoms with Crippen LogP contribution >= 0.6 is 23.2 Å². The van der Waals surface area contributed by atoms with Crippen LogP contribution in [-0.4, -0.2) is 18.4 Å². The molecule has 2 aromatic rings. The number of nitrogens with two attached hydrogens (primary N) is 1. The maximum absolute atomic E-state index is 12.6. The number of nitrogens with zero attached hydrogens (tertiary/aromatic N) is 1. The number of hydrogen-bond donors (Lipinski definition) is 2. The van der Waals surface area contributed by atoms with Gasteiger partial charge in [-0.15, -0.1) is 0 Å². The summed E-state index contributed by atoms with van der Waals surface area (Å²) >= 11 is 12.4. The van der Waals surface area contributed by atoms with Crippen molar-refractivity contribution in [3.05, 3.63) is 69.2 Å². The zero-order valence-corrected chi connectivity index (χ0v) is 14.6. The molecule has 0 saturated heterocycles. The molecular formula is C18H15Cl2N3O2. The first kappa shape index (κ1) is 18.8. The van der Waals surface area contributed by atoms with Crippen LogP contribution in [0.2, 0.25) is 10.0 Å². The number of nitrogens with one attached hydrogen (secondary N) is 1. The second-order valence-corrected chi connectivity index (χ2v) is 6.10. The molecule has 3 N–H and O–H groups in total. The van der Waals surface area contributed by atoms with Crippen molar-refractivity contribution in [2.45, 2.75) is 12.3 Å². The molecule has 0 bridgehead atoms. The van der Waals surface area contributed by atoms with Gasteiger partial charge in [-0.25, -0.2) is 0 Å². The number of rotatable bonds is 6. The third-order valence-corrected chi connectivity index (χ3v) is 4.44. The maximum atomic E-state index is 12.6. The Morgan fingerprint density at radius 3 is 2.36 bits per heavy atom. The molecule has 0 radical (unpaired) electrons. The number of carbonyl (C=O) groups is 2. The fourth-order valence-corrected chi connectivity index (χ4v) is 3.10. The van der Waals surface area contributed by atoms with E-state index in [-0.39, 0.29) is 18.5 Å². The summed E-state index contributed by atoms with van der Waals surface area (Å²) in [4.78, 5) is 24.3. The molecular weight excluding hydrogens is 361 g/mol. The summed E-state index contributed by atoms with van der Waals surface area (Å²) in [7, 11) is 0. The van der Waals surface area contributed by atoms with Crippen molar-refractivity contribution in [1.82, 2.24) is 5.32 Å². The van der Waals surface area contributed by atoms with Crippen LogP contribution in [0.3, 0.4) is 0 Å². The van der Waals surface area contributed by atoms with Crippen LogP contribution in [-0.2, 0) is 11.2 Å². The first-order valence-electron chi connectivity index (χ1n) is 7.42. The van der Waals surface area contributed by atoms with Gasteiger partial charge in [0.1, 0.15) is 6.54 Å². The Labute approximate surface area is 155 Å². The molecule has 1 atom stereocenters. The number of halogens is 2. The van der Waals surface area contributed by atoms with Gasteiger partial charge in [-0.2, -0.15) is 5.26 Å². The summed E-state index contributed by atoms with van der Waals surface area (Å²) < 4.78 is 0. The van der Waals surface area contributed by atoms with Gasteiger partial charge >= 0.3 is 0 Å². The minimum atomic E-state index is -0.769. The zero-order chi connectivity index (χ0) is 18.4. The molecule has 2 aromatic carbocycles. The van der Waals surface area contributed by atoms with E-state index in [9.17, 15) is 9.59 Å². The monoisotopic (exact) mass is 375 g/mol. The summed E-state index contributed by atoms with van der Waals surface area (Å²) in [5.41, 5.74) is 6.71. The Morgan fingerprint density at radius 2 is 1.76 bits per heavy atom. The van der Waals surface area contributed by atoms with Crippen LogP contribution in [0.1, 0.15) is 27.4 Å². The minimum absolute atomic E-state index is 0.148. The van der Waals surface area contributed by atoms with Gasteiger partial charge in [0, 0.05) is 15.6 Å². The Balaban J connectivity index is 2.50. The normalized spacial score (nSPS) is 11.4. The smallest absolute Gasteiger partial charge is 0.249 e. The number of carbonyl (C=O) groups excluding carboxylic acids is 2. The standard InChI is InChI=1S/C18H15Cl2N3O2/c19-15-6-3-7-16(20)14(15)10-13(18(25)23-9-8-21)11-4-1-2-5-12(11)17(22)24/h1-7,13H,9-10H2,(H2,22,24)(H,23,25). The molecule has 0 heterocycles. The molecule has 25 heavy (non-hydrogen) atoms. The zero-order valence-electron chi connectivity index (χ0n) is 13.1. The fraction of sp³-hybridized carbons (Fsp3) is 0.167. The Hall–Kier alpha value is -2.55. The lowest BCUT2D eigenvalue weighted by atomic mass is 9.87. The highest BCUT2D eigenvalue weighted by atomic mass is 35.5. The van der Waals surface area contributed by atoms with Gasteiger partial charge in [0.05, 0.1) is 12.0 Å². The average molecular weight is 376 g/mol. The molecule has 0 spiro atoms. The van der Waals surface area contributed by atoms with Gasteiger partial charge < -0.3 is 11.1 Å². The van der Waals surface area contributed by atoms with E-state index in [1.807, 2.05) is 6.07 Å². The summed E-state index contributed by atoms with van der Waals surface area (Å²) in [6.45, 7) is -0.148. The summed E-state index contributed by atoms with van der Waals surface area (Å²) in [5, 5.41) is 12.1. The molecule has 2 amide bonds. The van der Waals surface area contributed by atoms with Crippen molar-refractivity contribution in [3.63, 3.8) is 0 Å². The van der Waals surface area contributed by atoms with Crippen LogP contribution in [0, 0.1) is 11.3 Å². The SMILES string of the molecule is N#CCNC(=O)C(Cc1c(Cl)cccc1Cl)c1ccccc1C(N)=O. The molecule has 0 aromatic heterocycles. The molecule has 7 heteroatoms. The van der Waals surface area contributed by atoms with Gasteiger partial charge in [0.25, 0.3) is 0 Å². The number of hydrogen-bond acceptors (Lipinski definition) is 3. The van der Waals surface area contributed by atoms with E-state index in [0.29, 0.717) is 21.2 Å². The molecule has 0 saturated carbocycles. The van der Waals surface area contributed by atoms with Crippen molar-refractivity contribution in [2.24, 2.45) is 5.73 Å². The highest BCUT2D eigenvalue weighted by molar-refractivity contribution is 6.36. The molecule has 128 valence electrons. The Bertz CT molecular complexity index is 826. The highest BCUT2D eigenvalue weighted by Gasteiger charge is 2.26. The second-order valence-electron chi connectivity index (χ2n) is 5.28.